The third kappa shape index (κ3) is 4.44. The summed E-state index contributed by atoms with van der Waals surface area (Å²) in [5.41, 5.74) is 3.54. The minimum atomic E-state index is -0.194. The first-order chi connectivity index (χ1) is 14.0. The van der Waals surface area contributed by atoms with Gasteiger partial charge in [0.2, 0.25) is 5.91 Å². The summed E-state index contributed by atoms with van der Waals surface area (Å²) in [6.45, 7) is 2.03. The molecule has 0 aliphatic rings. The van der Waals surface area contributed by atoms with Crippen molar-refractivity contribution >= 4 is 60.8 Å². The molecule has 2 aromatic heterocycles. The van der Waals surface area contributed by atoms with Crippen LogP contribution in [-0.2, 0) is 4.79 Å². The number of nitrogens with one attached hydrogen (secondary N) is 2. The van der Waals surface area contributed by atoms with Crippen molar-refractivity contribution in [3.8, 4) is 11.1 Å². The van der Waals surface area contributed by atoms with Crippen LogP contribution < -0.4 is 10.9 Å². The first kappa shape index (κ1) is 19.9. The van der Waals surface area contributed by atoms with Crippen molar-refractivity contribution in [3.63, 3.8) is 0 Å². The maximum absolute atomic E-state index is 12.7. The molecule has 2 heterocycles. The molecule has 0 spiro atoms. The summed E-state index contributed by atoms with van der Waals surface area (Å²) in [7, 11) is 0. The number of rotatable bonds is 5. The lowest BCUT2D eigenvalue weighted by molar-refractivity contribution is -0.113. The SMILES string of the molecule is Cc1ccc(-c2csc3nc(SCC(=O)Nc4ccccc4Br)[nH]c(=O)c23)cc1. The van der Waals surface area contributed by atoms with Crippen LogP contribution in [-0.4, -0.2) is 21.6 Å². The summed E-state index contributed by atoms with van der Waals surface area (Å²) in [5, 5.41) is 5.81. The Hall–Kier alpha value is -2.42. The topological polar surface area (TPSA) is 74.8 Å². The third-order valence-corrected chi connectivity index (χ3v) is 6.71. The van der Waals surface area contributed by atoms with E-state index in [2.05, 4.69) is 31.2 Å². The summed E-state index contributed by atoms with van der Waals surface area (Å²) in [6, 6.07) is 15.5. The third-order valence-electron chi connectivity index (χ3n) is 4.27. The zero-order valence-electron chi connectivity index (χ0n) is 15.4. The Balaban J connectivity index is 1.52. The fourth-order valence-electron chi connectivity index (χ4n) is 2.83. The molecule has 29 heavy (non-hydrogen) atoms. The summed E-state index contributed by atoms with van der Waals surface area (Å²) in [6.07, 6.45) is 0. The molecule has 4 rings (SSSR count). The van der Waals surface area contributed by atoms with Gasteiger partial charge in [-0.15, -0.1) is 11.3 Å². The standard InChI is InChI=1S/C21H16BrN3O2S2/c1-12-6-8-13(9-7-12)14-10-28-20-18(14)19(27)24-21(25-20)29-11-17(26)23-16-5-3-2-4-15(16)22/h2-10H,11H2,1H3,(H,23,26)(H,24,25,27). The molecule has 4 aromatic rings. The highest BCUT2D eigenvalue weighted by Crippen LogP contribution is 2.31. The number of hydrogen-bond acceptors (Lipinski definition) is 5. The summed E-state index contributed by atoms with van der Waals surface area (Å²) < 4.78 is 0.813. The first-order valence-electron chi connectivity index (χ1n) is 8.77. The molecule has 0 fully saturated rings. The number of hydrogen-bond donors (Lipinski definition) is 2. The lowest BCUT2D eigenvalue weighted by atomic mass is 10.1. The largest absolute Gasteiger partial charge is 0.324 e. The highest BCUT2D eigenvalue weighted by Gasteiger charge is 2.14. The van der Waals surface area contributed by atoms with E-state index in [0.717, 1.165) is 15.6 Å². The number of halogens is 1. The number of para-hydroxylation sites is 1. The van der Waals surface area contributed by atoms with E-state index in [-0.39, 0.29) is 17.2 Å². The Morgan fingerprint density at radius 2 is 1.97 bits per heavy atom. The molecule has 8 heteroatoms. The Bertz CT molecular complexity index is 1250. The van der Waals surface area contributed by atoms with Gasteiger partial charge in [0.05, 0.1) is 16.8 Å². The van der Waals surface area contributed by atoms with Crippen LogP contribution in [0.3, 0.4) is 0 Å². The zero-order valence-corrected chi connectivity index (χ0v) is 18.6. The number of H-pyrrole nitrogens is 1. The maximum atomic E-state index is 12.7. The average Bonchev–Trinajstić information content (AvgIpc) is 3.13. The van der Waals surface area contributed by atoms with E-state index >= 15 is 0 Å². The maximum Gasteiger partial charge on any atom is 0.260 e. The van der Waals surface area contributed by atoms with E-state index in [0.29, 0.717) is 21.1 Å². The van der Waals surface area contributed by atoms with Crippen molar-refractivity contribution in [2.75, 3.05) is 11.1 Å². The number of aromatic nitrogens is 2. The molecule has 1 amide bonds. The van der Waals surface area contributed by atoms with Gasteiger partial charge in [0.25, 0.3) is 5.56 Å². The number of aryl methyl sites for hydroxylation is 1. The van der Waals surface area contributed by atoms with E-state index in [1.165, 1.54) is 28.7 Å². The smallest absolute Gasteiger partial charge is 0.260 e. The fraction of sp³-hybridized carbons (Fsp3) is 0.0952. The van der Waals surface area contributed by atoms with Crippen LogP contribution in [0.15, 0.2) is 68.3 Å². The average molecular weight is 486 g/mol. The molecule has 0 radical (unpaired) electrons. The molecule has 5 nitrogen and oxygen atoms in total. The first-order valence-corrected chi connectivity index (χ1v) is 11.4. The molecule has 2 N–H and O–H groups in total. The van der Waals surface area contributed by atoms with Crippen LogP contribution in [0.5, 0.6) is 0 Å². The second-order valence-corrected chi connectivity index (χ2v) is 9.06. The normalized spacial score (nSPS) is 11.0. The van der Waals surface area contributed by atoms with E-state index in [1.807, 2.05) is 60.8 Å². The minimum Gasteiger partial charge on any atom is -0.324 e. The van der Waals surface area contributed by atoms with E-state index in [9.17, 15) is 9.59 Å². The Morgan fingerprint density at radius 1 is 1.21 bits per heavy atom. The van der Waals surface area contributed by atoms with Gasteiger partial charge in [-0.05, 0) is 40.5 Å². The van der Waals surface area contributed by atoms with Crippen molar-refractivity contribution in [3.05, 3.63) is 74.3 Å². The number of fused-ring (bicyclic) bond motifs is 1. The van der Waals surface area contributed by atoms with Gasteiger partial charge < -0.3 is 10.3 Å². The number of amides is 1. The van der Waals surface area contributed by atoms with Gasteiger partial charge >= 0.3 is 0 Å². The molecular weight excluding hydrogens is 470 g/mol. The number of carbonyl (C=O) groups is 1. The molecular formula is C21H16BrN3O2S2. The van der Waals surface area contributed by atoms with Gasteiger partial charge in [-0.3, -0.25) is 9.59 Å². The molecule has 0 atom stereocenters. The number of nitrogens with zero attached hydrogens (tertiary/aromatic N) is 1. The molecule has 0 aliphatic heterocycles. The van der Waals surface area contributed by atoms with Crippen molar-refractivity contribution in [2.24, 2.45) is 0 Å². The number of thioether (sulfide) groups is 1. The second kappa shape index (κ2) is 8.52. The number of carbonyl (C=O) groups excluding carboxylic acids is 1. The predicted molar refractivity (Wildman–Crippen MR) is 124 cm³/mol. The predicted octanol–water partition coefficient (Wildman–Crippen LogP) is 5.45. The van der Waals surface area contributed by atoms with Gasteiger partial charge in [0, 0.05) is 15.4 Å². The van der Waals surface area contributed by atoms with Crippen LogP contribution >= 0.6 is 39.0 Å². The second-order valence-electron chi connectivity index (χ2n) is 6.38. The van der Waals surface area contributed by atoms with Crippen molar-refractivity contribution in [1.82, 2.24) is 9.97 Å². The number of aromatic amines is 1. The van der Waals surface area contributed by atoms with Crippen molar-refractivity contribution in [2.45, 2.75) is 12.1 Å². The van der Waals surface area contributed by atoms with Gasteiger partial charge in [0.1, 0.15) is 4.83 Å². The lowest BCUT2D eigenvalue weighted by Gasteiger charge is -2.06. The van der Waals surface area contributed by atoms with Crippen LogP contribution in [0.2, 0.25) is 0 Å². The van der Waals surface area contributed by atoms with Crippen LogP contribution in [0, 0.1) is 6.92 Å². The van der Waals surface area contributed by atoms with Gasteiger partial charge in [-0.1, -0.05) is 53.7 Å². The number of thiophene rings is 1. The van der Waals surface area contributed by atoms with Crippen LogP contribution in [0.4, 0.5) is 5.69 Å². The van der Waals surface area contributed by atoms with Gasteiger partial charge in [-0.2, -0.15) is 0 Å². The minimum absolute atomic E-state index is 0.145. The quantitative estimate of drug-likeness (QED) is 0.291. The highest BCUT2D eigenvalue weighted by molar-refractivity contribution is 9.10. The van der Waals surface area contributed by atoms with E-state index < -0.39 is 0 Å². The summed E-state index contributed by atoms with van der Waals surface area (Å²) >= 11 is 6.03. The molecule has 0 saturated heterocycles. The summed E-state index contributed by atoms with van der Waals surface area (Å²) in [5.74, 6) is -0.0254. The Labute approximate surface area is 183 Å². The highest BCUT2D eigenvalue weighted by atomic mass is 79.9. The van der Waals surface area contributed by atoms with Crippen LogP contribution in [0.1, 0.15) is 5.56 Å². The molecule has 0 aliphatic carbocycles. The summed E-state index contributed by atoms with van der Waals surface area (Å²) in [4.78, 5) is 32.9. The van der Waals surface area contributed by atoms with E-state index in [1.54, 1.807) is 0 Å². The van der Waals surface area contributed by atoms with E-state index in [4.69, 9.17) is 0 Å². The zero-order chi connectivity index (χ0) is 20.4. The number of benzene rings is 2. The molecule has 0 bridgehead atoms. The van der Waals surface area contributed by atoms with Gasteiger partial charge in [-0.25, -0.2) is 4.98 Å². The van der Waals surface area contributed by atoms with Crippen LogP contribution in [0.25, 0.3) is 21.3 Å². The lowest BCUT2D eigenvalue weighted by Crippen LogP contribution is -2.15. The molecule has 2 aromatic carbocycles. The van der Waals surface area contributed by atoms with Crippen molar-refractivity contribution in [1.29, 1.82) is 0 Å². The number of anilines is 1. The Kier molecular flexibility index (Phi) is 5.84. The fourth-order valence-corrected chi connectivity index (χ4v) is 4.88. The van der Waals surface area contributed by atoms with Gasteiger partial charge in [0.15, 0.2) is 5.16 Å². The monoisotopic (exact) mass is 485 g/mol. The molecule has 0 unspecified atom stereocenters. The molecule has 0 saturated carbocycles. The molecule has 146 valence electrons. The Morgan fingerprint density at radius 3 is 2.72 bits per heavy atom. The van der Waals surface area contributed by atoms with Crippen molar-refractivity contribution < 1.29 is 4.79 Å².